The van der Waals surface area contributed by atoms with Gasteiger partial charge >= 0.3 is 5.97 Å². The molecule has 0 aliphatic rings. The summed E-state index contributed by atoms with van der Waals surface area (Å²) in [6, 6.07) is 11.4. The van der Waals surface area contributed by atoms with Crippen LogP contribution in [0.25, 0.3) is 6.08 Å². The second-order valence-corrected chi connectivity index (χ2v) is 8.55. The third kappa shape index (κ3) is 7.06. The van der Waals surface area contributed by atoms with E-state index in [1.165, 1.54) is 36.5 Å². The lowest BCUT2D eigenvalue weighted by Gasteiger charge is -2.19. The second kappa shape index (κ2) is 10.7. The maximum absolute atomic E-state index is 12.8. The molecule has 2 rings (SSSR count). The third-order valence-corrected chi connectivity index (χ3v) is 4.65. The van der Waals surface area contributed by atoms with Crippen LogP contribution in [0.1, 0.15) is 42.3 Å². The second-order valence-electron chi connectivity index (χ2n) is 8.11. The Hall–Kier alpha value is -3.45. The molecule has 0 unspecified atom stereocenters. The van der Waals surface area contributed by atoms with E-state index in [4.69, 9.17) is 16.7 Å². The summed E-state index contributed by atoms with van der Waals surface area (Å²) in [7, 11) is 1.54. The van der Waals surface area contributed by atoms with Crippen molar-refractivity contribution < 1.29 is 19.5 Å². The van der Waals surface area contributed by atoms with Crippen molar-refractivity contribution in [2.45, 2.75) is 27.3 Å². The molecule has 0 fully saturated rings. The van der Waals surface area contributed by atoms with Crippen LogP contribution in [0.3, 0.4) is 0 Å². The molecule has 2 N–H and O–H groups in total. The smallest absolute Gasteiger partial charge is 0.335 e. The number of anilines is 1. The van der Waals surface area contributed by atoms with Crippen molar-refractivity contribution in [1.29, 1.82) is 0 Å². The SMILES string of the molecule is CN=CN(Cc1cccc(C(=O)O)c1)C(=O)/C=C/c1ccc(Cl)cc1NC(=O)C(C)(C)C. The number of hydrogen-bond donors (Lipinski definition) is 2. The molecule has 8 heteroatoms. The van der Waals surface area contributed by atoms with E-state index in [-0.39, 0.29) is 23.9 Å². The minimum absolute atomic E-state index is 0.138. The molecule has 0 aliphatic heterocycles. The van der Waals surface area contributed by atoms with Gasteiger partial charge in [0.1, 0.15) is 0 Å². The van der Waals surface area contributed by atoms with Gasteiger partial charge < -0.3 is 10.4 Å². The van der Waals surface area contributed by atoms with Crippen LogP contribution in [-0.4, -0.2) is 41.2 Å². The molecular formula is C24H26ClN3O4. The van der Waals surface area contributed by atoms with E-state index in [0.717, 1.165) is 0 Å². The number of halogens is 1. The monoisotopic (exact) mass is 455 g/mol. The summed E-state index contributed by atoms with van der Waals surface area (Å²) in [6.07, 6.45) is 4.32. The number of aromatic carboxylic acids is 1. The van der Waals surface area contributed by atoms with E-state index in [0.29, 0.717) is 21.8 Å². The van der Waals surface area contributed by atoms with Crippen molar-refractivity contribution in [2.24, 2.45) is 10.4 Å². The Morgan fingerprint density at radius 2 is 1.88 bits per heavy atom. The molecule has 168 valence electrons. The number of nitrogens with one attached hydrogen (secondary N) is 1. The van der Waals surface area contributed by atoms with Gasteiger partial charge in [-0.1, -0.05) is 50.6 Å². The van der Waals surface area contributed by atoms with Gasteiger partial charge in [-0.25, -0.2) is 4.79 Å². The van der Waals surface area contributed by atoms with E-state index in [9.17, 15) is 14.4 Å². The maximum Gasteiger partial charge on any atom is 0.335 e. The maximum atomic E-state index is 12.8. The number of benzene rings is 2. The standard InChI is InChI=1S/C24H26ClN3O4/c1-24(2,3)23(32)27-20-13-19(25)10-8-17(20)9-11-21(29)28(15-26-4)14-16-6-5-7-18(12-16)22(30)31/h5-13,15H,14H2,1-4H3,(H,27,32)(H,30,31)/b11-9+,26-15?. The van der Waals surface area contributed by atoms with E-state index in [2.05, 4.69) is 10.3 Å². The predicted octanol–water partition coefficient (Wildman–Crippen LogP) is 4.72. The first kappa shape index (κ1) is 24.8. The topological polar surface area (TPSA) is 99.1 Å². The minimum Gasteiger partial charge on any atom is -0.478 e. The third-order valence-electron chi connectivity index (χ3n) is 4.41. The number of nitrogens with zero attached hydrogens (tertiary/aromatic N) is 2. The van der Waals surface area contributed by atoms with Gasteiger partial charge in [-0.3, -0.25) is 19.5 Å². The van der Waals surface area contributed by atoms with Gasteiger partial charge in [0.25, 0.3) is 5.91 Å². The molecule has 0 radical (unpaired) electrons. The van der Waals surface area contributed by atoms with Gasteiger partial charge in [0, 0.05) is 29.2 Å². The lowest BCUT2D eigenvalue weighted by molar-refractivity contribution is -0.123. The van der Waals surface area contributed by atoms with Crippen LogP contribution in [0.2, 0.25) is 5.02 Å². The zero-order valence-corrected chi connectivity index (χ0v) is 19.2. The average molecular weight is 456 g/mol. The fraction of sp³-hybridized carbons (Fsp3) is 0.250. The zero-order valence-electron chi connectivity index (χ0n) is 18.4. The van der Waals surface area contributed by atoms with E-state index >= 15 is 0 Å². The molecule has 0 saturated carbocycles. The summed E-state index contributed by atoms with van der Waals surface area (Å²) in [4.78, 5) is 41.7. The number of rotatable bonds is 7. The highest BCUT2D eigenvalue weighted by Gasteiger charge is 2.22. The molecule has 2 aromatic carbocycles. The number of hydrogen-bond acceptors (Lipinski definition) is 4. The molecule has 0 bridgehead atoms. The van der Waals surface area contributed by atoms with Crippen molar-refractivity contribution in [3.63, 3.8) is 0 Å². The molecule has 0 saturated heterocycles. The molecule has 2 amide bonds. The highest BCUT2D eigenvalue weighted by atomic mass is 35.5. The highest BCUT2D eigenvalue weighted by Crippen LogP contribution is 2.25. The van der Waals surface area contributed by atoms with Crippen LogP contribution in [-0.2, 0) is 16.1 Å². The van der Waals surface area contributed by atoms with Gasteiger partial charge in [0.2, 0.25) is 5.91 Å². The van der Waals surface area contributed by atoms with Crippen molar-refractivity contribution in [2.75, 3.05) is 12.4 Å². The fourth-order valence-corrected chi connectivity index (χ4v) is 2.84. The number of carbonyl (C=O) groups excluding carboxylic acids is 2. The Labute approximate surface area is 192 Å². The van der Waals surface area contributed by atoms with Gasteiger partial charge in [0.15, 0.2) is 0 Å². The van der Waals surface area contributed by atoms with Crippen LogP contribution in [0.4, 0.5) is 5.69 Å². The summed E-state index contributed by atoms with van der Waals surface area (Å²) in [5.41, 5.74) is 1.29. The lowest BCUT2D eigenvalue weighted by atomic mass is 9.95. The van der Waals surface area contributed by atoms with Crippen LogP contribution in [0.15, 0.2) is 53.5 Å². The molecule has 7 nitrogen and oxygen atoms in total. The summed E-state index contributed by atoms with van der Waals surface area (Å²) in [5.74, 6) is -1.58. The first-order valence-electron chi connectivity index (χ1n) is 9.85. The molecule has 0 heterocycles. The minimum atomic E-state index is -1.04. The van der Waals surface area contributed by atoms with Crippen molar-refractivity contribution in [1.82, 2.24) is 4.90 Å². The van der Waals surface area contributed by atoms with Gasteiger partial charge in [-0.15, -0.1) is 0 Å². The quantitative estimate of drug-likeness (QED) is 0.358. The molecule has 0 spiro atoms. The first-order chi connectivity index (χ1) is 15.0. The van der Waals surface area contributed by atoms with Crippen LogP contribution in [0, 0.1) is 5.41 Å². The summed E-state index contributed by atoms with van der Waals surface area (Å²) in [6.45, 7) is 5.55. The zero-order chi connectivity index (χ0) is 23.9. The normalized spacial score (nSPS) is 11.7. The van der Waals surface area contributed by atoms with Gasteiger partial charge in [-0.2, -0.15) is 0 Å². The number of aliphatic imine (C=N–C) groups is 1. The fourth-order valence-electron chi connectivity index (χ4n) is 2.66. The molecular weight excluding hydrogens is 430 g/mol. The predicted molar refractivity (Wildman–Crippen MR) is 127 cm³/mol. The summed E-state index contributed by atoms with van der Waals surface area (Å²) < 4.78 is 0. The number of amides is 2. The molecule has 0 atom stereocenters. The van der Waals surface area contributed by atoms with E-state index in [1.54, 1.807) is 57.2 Å². The highest BCUT2D eigenvalue weighted by molar-refractivity contribution is 6.31. The lowest BCUT2D eigenvalue weighted by Crippen LogP contribution is -2.28. The van der Waals surface area contributed by atoms with Crippen molar-refractivity contribution in [3.8, 4) is 0 Å². The number of carboxylic acids is 1. The molecule has 0 aromatic heterocycles. The van der Waals surface area contributed by atoms with Gasteiger partial charge in [0.05, 0.1) is 18.4 Å². The van der Waals surface area contributed by atoms with E-state index < -0.39 is 11.4 Å². The summed E-state index contributed by atoms with van der Waals surface area (Å²) >= 11 is 6.08. The Morgan fingerprint density at radius 3 is 2.50 bits per heavy atom. The van der Waals surface area contributed by atoms with Crippen LogP contribution < -0.4 is 5.32 Å². The van der Waals surface area contributed by atoms with E-state index in [1.807, 2.05) is 0 Å². The first-order valence-corrected chi connectivity index (χ1v) is 10.2. The Morgan fingerprint density at radius 1 is 1.16 bits per heavy atom. The molecule has 2 aromatic rings. The Kier molecular flexibility index (Phi) is 8.32. The van der Waals surface area contributed by atoms with Crippen molar-refractivity contribution >= 4 is 47.5 Å². The van der Waals surface area contributed by atoms with Crippen molar-refractivity contribution in [3.05, 3.63) is 70.3 Å². The Balaban J connectivity index is 2.25. The number of carboxylic acid groups (broad SMARTS) is 1. The van der Waals surface area contributed by atoms with Gasteiger partial charge in [-0.05, 0) is 41.5 Å². The average Bonchev–Trinajstić information content (AvgIpc) is 2.72. The number of carbonyl (C=O) groups is 3. The molecule has 32 heavy (non-hydrogen) atoms. The Bertz CT molecular complexity index is 1070. The largest absolute Gasteiger partial charge is 0.478 e. The summed E-state index contributed by atoms with van der Waals surface area (Å²) in [5, 5.41) is 12.5. The molecule has 0 aliphatic carbocycles. The van der Waals surface area contributed by atoms with Crippen LogP contribution in [0.5, 0.6) is 0 Å². The van der Waals surface area contributed by atoms with Crippen LogP contribution >= 0.6 is 11.6 Å².